The maximum Gasteiger partial charge on any atom is 0.245 e. The lowest BCUT2D eigenvalue weighted by Gasteiger charge is -2.25. The normalized spacial score (nSPS) is 15.5. The lowest BCUT2D eigenvalue weighted by molar-refractivity contribution is -0.124. The Morgan fingerprint density at radius 2 is 2.31 bits per heavy atom. The van der Waals surface area contributed by atoms with E-state index in [-0.39, 0.29) is 18.4 Å². The Labute approximate surface area is 157 Å². The molecule has 2 aromatic rings. The minimum Gasteiger partial charge on any atom is -0.369 e. The van der Waals surface area contributed by atoms with Crippen molar-refractivity contribution in [2.45, 2.75) is 25.3 Å². The summed E-state index contributed by atoms with van der Waals surface area (Å²) >= 11 is 6.07. The molecule has 1 unspecified atom stereocenters. The summed E-state index contributed by atoms with van der Waals surface area (Å²) in [7, 11) is 0. The molecule has 0 fully saturated rings. The Balaban J connectivity index is 1.81. The highest BCUT2D eigenvalue weighted by Crippen LogP contribution is 2.34. The summed E-state index contributed by atoms with van der Waals surface area (Å²) in [5.41, 5.74) is 0.0831. The van der Waals surface area contributed by atoms with Gasteiger partial charge in [-0.15, -0.1) is 6.42 Å². The van der Waals surface area contributed by atoms with Gasteiger partial charge in [-0.25, -0.2) is 15.0 Å². The van der Waals surface area contributed by atoms with Gasteiger partial charge >= 0.3 is 0 Å². The van der Waals surface area contributed by atoms with Crippen LogP contribution in [0.15, 0.2) is 24.5 Å². The number of anilines is 2. The number of hydrogen-bond donors (Lipinski definition) is 3. The van der Waals surface area contributed by atoms with E-state index in [1.807, 2.05) is 6.07 Å². The van der Waals surface area contributed by atoms with Crippen LogP contribution < -0.4 is 16.0 Å². The van der Waals surface area contributed by atoms with Crippen LogP contribution in [0.25, 0.3) is 0 Å². The summed E-state index contributed by atoms with van der Waals surface area (Å²) in [6.07, 6.45) is 8.45. The fraction of sp³-hybridized carbons (Fsp3) is 0.333. The Kier molecular flexibility index (Phi) is 4.96. The first kappa shape index (κ1) is 18.0. The van der Waals surface area contributed by atoms with E-state index in [1.165, 1.54) is 0 Å². The van der Waals surface area contributed by atoms with Crippen molar-refractivity contribution in [2.24, 2.45) is 0 Å². The SMILES string of the molecule is C#CCNC(=O)C(C)(C)Nc1ccnc(C2CNc3ncc(Cl)cc32)n1. The van der Waals surface area contributed by atoms with Gasteiger partial charge in [0.1, 0.15) is 23.0 Å². The first-order chi connectivity index (χ1) is 12.4. The number of fused-ring (bicyclic) bond motifs is 1. The van der Waals surface area contributed by atoms with E-state index in [9.17, 15) is 4.79 Å². The van der Waals surface area contributed by atoms with Gasteiger partial charge in [-0.05, 0) is 26.0 Å². The molecule has 0 aliphatic carbocycles. The Bertz CT molecular complexity index is 876. The van der Waals surface area contributed by atoms with Crippen molar-refractivity contribution in [3.8, 4) is 12.3 Å². The molecule has 0 radical (unpaired) electrons. The largest absolute Gasteiger partial charge is 0.369 e. The van der Waals surface area contributed by atoms with Gasteiger partial charge in [-0.3, -0.25) is 4.79 Å². The summed E-state index contributed by atoms with van der Waals surface area (Å²) in [6, 6.07) is 3.59. The van der Waals surface area contributed by atoms with E-state index in [0.29, 0.717) is 23.2 Å². The number of carbonyl (C=O) groups is 1. The molecule has 134 valence electrons. The minimum absolute atomic E-state index is 0.0590. The smallest absolute Gasteiger partial charge is 0.245 e. The molecule has 3 N–H and O–H groups in total. The van der Waals surface area contributed by atoms with Gasteiger partial charge < -0.3 is 16.0 Å². The molecule has 0 saturated carbocycles. The zero-order chi connectivity index (χ0) is 18.7. The molecule has 1 aliphatic heterocycles. The number of rotatable bonds is 5. The third-order valence-corrected chi connectivity index (χ3v) is 4.28. The molecule has 2 aromatic heterocycles. The average Bonchev–Trinajstić information content (AvgIpc) is 3.02. The topological polar surface area (TPSA) is 91.8 Å². The Morgan fingerprint density at radius 3 is 3.08 bits per heavy atom. The highest BCUT2D eigenvalue weighted by Gasteiger charge is 2.30. The third-order valence-electron chi connectivity index (χ3n) is 4.08. The predicted octanol–water partition coefficient (Wildman–Crippen LogP) is 2.02. The first-order valence-electron chi connectivity index (χ1n) is 8.13. The van der Waals surface area contributed by atoms with Crippen LogP contribution in [0.3, 0.4) is 0 Å². The van der Waals surface area contributed by atoms with Crippen molar-refractivity contribution >= 4 is 29.1 Å². The lowest BCUT2D eigenvalue weighted by atomic mass is 10.0. The molecular formula is C18H19ClN6O. The molecule has 0 bridgehead atoms. The minimum atomic E-state index is -0.876. The van der Waals surface area contributed by atoms with Crippen LogP contribution in [0.1, 0.15) is 31.2 Å². The van der Waals surface area contributed by atoms with Crippen LogP contribution in [0.2, 0.25) is 5.02 Å². The number of pyridine rings is 1. The van der Waals surface area contributed by atoms with Gasteiger partial charge in [0.2, 0.25) is 5.91 Å². The second-order valence-electron chi connectivity index (χ2n) is 6.46. The number of nitrogens with zero attached hydrogens (tertiary/aromatic N) is 3. The van der Waals surface area contributed by atoms with Gasteiger partial charge in [0.05, 0.1) is 17.5 Å². The molecule has 7 nitrogen and oxygen atoms in total. The van der Waals surface area contributed by atoms with Crippen LogP contribution >= 0.6 is 11.6 Å². The molecule has 0 aromatic carbocycles. The predicted molar refractivity (Wildman–Crippen MR) is 101 cm³/mol. The van der Waals surface area contributed by atoms with Crippen molar-refractivity contribution in [1.29, 1.82) is 0 Å². The van der Waals surface area contributed by atoms with Crippen LogP contribution in [-0.2, 0) is 4.79 Å². The van der Waals surface area contributed by atoms with Gasteiger partial charge in [0.25, 0.3) is 0 Å². The zero-order valence-corrected chi connectivity index (χ0v) is 15.3. The molecule has 8 heteroatoms. The number of aromatic nitrogens is 3. The molecule has 3 heterocycles. The number of hydrogen-bond acceptors (Lipinski definition) is 6. The van der Waals surface area contributed by atoms with Gasteiger partial charge in [0, 0.05) is 24.5 Å². The number of terminal acetylenes is 1. The second kappa shape index (κ2) is 7.18. The maximum atomic E-state index is 12.2. The van der Waals surface area contributed by atoms with Crippen LogP contribution in [0, 0.1) is 12.3 Å². The fourth-order valence-electron chi connectivity index (χ4n) is 2.75. The maximum absolute atomic E-state index is 12.2. The van der Waals surface area contributed by atoms with E-state index in [0.717, 1.165) is 11.4 Å². The first-order valence-corrected chi connectivity index (χ1v) is 8.50. The third kappa shape index (κ3) is 3.70. The summed E-state index contributed by atoms with van der Waals surface area (Å²) in [4.78, 5) is 25.5. The molecular weight excluding hydrogens is 352 g/mol. The van der Waals surface area contributed by atoms with Gasteiger partial charge in [0.15, 0.2) is 0 Å². The fourth-order valence-corrected chi connectivity index (χ4v) is 2.91. The number of nitrogens with one attached hydrogen (secondary N) is 3. The van der Waals surface area contributed by atoms with E-state index < -0.39 is 5.54 Å². The van der Waals surface area contributed by atoms with Gasteiger partial charge in [-0.1, -0.05) is 17.5 Å². The Morgan fingerprint density at radius 1 is 1.50 bits per heavy atom. The molecule has 26 heavy (non-hydrogen) atoms. The summed E-state index contributed by atoms with van der Waals surface area (Å²) in [5.74, 6) is 4.09. The molecule has 1 amide bonds. The molecule has 0 spiro atoms. The summed E-state index contributed by atoms with van der Waals surface area (Å²) < 4.78 is 0. The number of amides is 1. The second-order valence-corrected chi connectivity index (χ2v) is 6.90. The Hall–Kier alpha value is -2.85. The van der Waals surface area contributed by atoms with Crippen LogP contribution in [0.5, 0.6) is 0 Å². The van der Waals surface area contributed by atoms with Crippen molar-refractivity contribution in [3.05, 3.63) is 40.9 Å². The summed E-state index contributed by atoms with van der Waals surface area (Å²) in [6.45, 7) is 4.34. The standard InChI is InChI=1S/C18H19ClN6O/c1-4-6-21-17(26)18(2,3)25-14-5-7-20-16(24-14)13-10-23-15-12(13)8-11(19)9-22-15/h1,5,7-9,13H,6,10H2,2-3H3,(H,21,26)(H,22,23)(H,20,24,25). The quantitative estimate of drug-likeness (QED) is 0.697. The molecule has 1 aliphatic rings. The monoisotopic (exact) mass is 370 g/mol. The average molecular weight is 371 g/mol. The molecule has 0 saturated heterocycles. The van der Waals surface area contributed by atoms with Crippen molar-refractivity contribution in [3.63, 3.8) is 0 Å². The molecule has 1 atom stereocenters. The van der Waals surface area contributed by atoms with E-state index in [2.05, 4.69) is 36.8 Å². The summed E-state index contributed by atoms with van der Waals surface area (Å²) in [5, 5.41) is 9.60. The zero-order valence-electron chi connectivity index (χ0n) is 14.5. The number of carbonyl (C=O) groups excluding carboxylic acids is 1. The molecule has 3 rings (SSSR count). The number of halogens is 1. The highest BCUT2D eigenvalue weighted by atomic mass is 35.5. The van der Waals surface area contributed by atoms with E-state index >= 15 is 0 Å². The van der Waals surface area contributed by atoms with Crippen LogP contribution in [0.4, 0.5) is 11.6 Å². The van der Waals surface area contributed by atoms with E-state index in [4.69, 9.17) is 18.0 Å². The van der Waals surface area contributed by atoms with Crippen LogP contribution in [-0.4, -0.2) is 39.5 Å². The lowest BCUT2D eigenvalue weighted by Crippen LogP contribution is -2.48. The van der Waals surface area contributed by atoms with Crippen molar-refractivity contribution in [1.82, 2.24) is 20.3 Å². The van der Waals surface area contributed by atoms with Crippen molar-refractivity contribution in [2.75, 3.05) is 23.7 Å². The highest BCUT2D eigenvalue weighted by molar-refractivity contribution is 6.30. The van der Waals surface area contributed by atoms with Gasteiger partial charge in [-0.2, -0.15) is 0 Å². The van der Waals surface area contributed by atoms with E-state index in [1.54, 1.807) is 32.3 Å². The van der Waals surface area contributed by atoms with Crippen molar-refractivity contribution < 1.29 is 4.79 Å².